The van der Waals surface area contributed by atoms with Crippen molar-refractivity contribution in [3.8, 4) is 0 Å². The van der Waals surface area contributed by atoms with E-state index in [0.717, 1.165) is 5.56 Å². The molecule has 0 N–H and O–H groups in total. The molecule has 0 aromatic heterocycles. The number of hydrogen-bond acceptors (Lipinski definition) is 6. The van der Waals surface area contributed by atoms with Crippen LogP contribution in [0.3, 0.4) is 0 Å². The van der Waals surface area contributed by atoms with E-state index in [-0.39, 0.29) is 42.0 Å². The van der Waals surface area contributed by atoms with Crippen LogP contribution >= 0.6 is 0 Å². The molecule has 38 heavy (non-hydrogen) atoms. The van der Waals surface area contributed by atoms with E-state index in [1.54, 1.807) is 18.7 Å². The number of rotatable bonds is 15. The summed E-state index contributed by atoms with van der Waals surface area (Å²) in [6.45, 7) is 7.32. The molecule has 0 saturated heterocycles. The molecule has 0 amide bonds. The lowest BCUT2D eigenvalue weighted by Gasteiger charge is -2.21. The molecule has 0 radical (unpaired) electrons. The Bertz CT molecular complexity index is 1050. The second-order valence-corrected chi connectivity index (χ2v) is 10.7. The Kier molecular flexibility index (Phi) is 12.4. The van der Waals surface area contributed by atoms with Gasteiger partial charge in [-0.15, -0.1) is 0 Å². The van der Waals surface area contributed by atoms with E-state index in [2.05, 4.69) is 72.8 Å². The minimum Gasteiger partial charge on any atom is -0.465 e. The van der Waals surface area contributed by atoms with E-state index in [0.29, 0.717) is 32.8 Å². The van der Waals surface area contributed by atoms with Gasteiger partial charge in [-0.1, -0.05) is 48.5 Å². The van der Waals surface area contributed by atoms with Gasteiger partial charge in [0.15, 0.2) is 14.7 Å². The zero-order valence-corrected chi connectivity index (χ0v) is 23.3. The van der Waals surface area contributed by atoms with E-state index < -0.39 is 0 Å². The van der Waals surface area contributed by atoms with Gasteiger partial charge in [0, 0.05) is 13.2 Å². The number of hydrogen-bond donors (Lipinski definition) is 0. The predicted octanol–water partition coefficient (Wildman–Crippen LogP) is 5.68. The van der Waals surface area contributed by atoms with Crippen LogP contribution in [0.4, 0.5) is 0 Å². The molecule has 3 rings (SSSR count). The predicted molar refractivity (Wildman–Crippen MR) is 150 cm³/mol. The molecule has 0 spiro atoms. The Morgan fingerprint density at radius 3 is 1.68 bits per heavy atom. The zero-order valence-electron chi connectivity index (χ0n) is 22.5. The number of ether oxygens (including phenoxy) is 3. The van der Waals surface area contributed by atoms with Crippen molar-refractivity contribution in [1.82, 2.24) is 4.90 Å². The third-order valence-corrected chi connectivity index (χ3v) is 8.08. The van der Waals surface area contributed by atoms with Gasteiger partial charge >= 0.3 is 11.9 Å². The second-order valence-electron chi connectivity index (χ2n) is 8.69. The van der Waals surface area contributed by atoms with E-state index in [1.807, 2.05) is 19.1 Å². The number of carbonyl (C=O) groups excluding carboxylic acids is 2. The van der Waals surface area contributed by atoms with Crippen LogP contribution in [0.25, 0.3) is 0 Å². The van der Waals surface area contributed by atoms with Crippen LogP contribution in [-0.2, 0) is 34.7 Å². The van der Waals surface area contributed by atoms with Gasteiger partial charge in [0.2, 0.25) is 0 Å². The molecular formula is C31H38NO5S+. The highest BCUT2D eigenvalue weighted by Crippen LogP contribution is 2.32. The van der Waals surface area contributed by atoms with Crippen LogP contribution in [0.2, 0.25) is 0 Å². The summed E-state index contributed by atoms with van der Waals surface area (Å²) < 4.78 is 16.2. The van der Waals surface area contributed by atoms with Crippen molar-refractivity contribution in [3.05, 3.63) is 90.5 Å². The fraction of sp³-hybridized carbons (Fsp3) is 0.355. The molecule has 3 aromatic carbocycles. The standard InChI is InChI=1S/C31H38NO5S/c1-4-35-30(33)23-32(24-31(34)36-5-2)21-12-22-37-25(3)26-17-19-29(20-18-26)38(27-13-8-6-9-14-27)28-15-10-7-11-16-28/h6-11,13-20,25H,4-5,12,21-24H2,1-3H3/q+1. The summed E-state index contributed by atoms with van der Waals surface area (Å²) in [5, 5.41) is 0. The van der Waals surface area contributed by atoms with Crippen LogP contribution in [-0.4, -0.2) is 56.3 Å². The van der Waals surface area contributed by atoms with Crippen molar-refractivity contribution in [3.63, 3.8) is 0 Å². The van der Waals surface area contributed by atoms with Crippen LogP contribution in [0.5, 0.6) is 0 Å². The topological polar surface area (TPSA) is 65.1 Å². The lowest BCUT2D eigenvalue weighted by Crippen LogP contribution is -2.37. The lowest BCUT2D eigenvalue weighted by molar-refractivity contribution is -0.148. The van der Waals surface area contributed by atoms with E-state index in [4.69, 9.17) is 14.2 Å². The first-order valence-electron chi connectivity index (χ1n) is 13.1. The molecule has 3 aromatic rings. The summed E-state index contributed by atoms with van der Waals surface area (Å²) in [5.41, 5.74) is 1.10. The lowest BCUT2D eigenvalue weighted by atomic mass is 10.1. The van der Waals surface area contributed by atoms with Crippen LogP contribution in [0.15, 0.2) is 99.6 Å². The Labute approximate surface area is 229 Å². The molecule has 0 fully saturated rings. The van der Waals surface area contributed by atoms with Crippen molar-refractivity contribution < 1.29 is 23.8 Å². The third kappa shape index (κ3) is 9.31. The highest BCUT2D eigenvalue weighted by Gasteiger charge is 2.28. The first kappa shape index (κ1) is 29.4. The Morgan fingerprint density at radius 2 is 1.21 bits per heavy atom. The maximum atomic E-state index is 11.9. The largest absolute Gasteiger partial charge is 0.465 e. The second kappa shape index (κ2) is 16.0. The van der Waals surface area contributed by atoms with Crippen molar-refractivity contribution in [2.24, 2.45) is 0 Å². The Balaban J connectivity index is 1.58. The first-order valence-corrected chi connectivity index (χ1v) is 14.3. The van der Waals surface area contributed by atoms with Crippen molar-refractivity contribution >= 4 is 22.8 Å². The van der Waals surface area contributed by atoms with Gasteiger partial charge in [-0.3, -0.25) is 14.5 Å². The summed E-state index contributed by atoms with van der Waals surface area (Å²) in [5.74, 6) is -0.701. The fourth-order valence-electron chi connectivity index (χ4n) is 4.03. The van der Waals surface area contributed by atoms with Crippen molar-refractivity contribution in [2.45, 2.75) is 48.0 Å². The van der Waals surface area contributed by atoms with Gasteiger partial charge in [0.25, 0.3) is 0 Å². The normalized spacial score (nSPS) is 11.9. The number of nitrogens with zero attached hydrogens (tertiary/aromatic N) is 1. The van der Waals surface area contributed by atoms with E-state index in [1.165, 1.54) is 14.7 Å². The maximum Gasteiger partial charge on any atom is 0.320 e. The Hall–Kier alpha value is -3.13. The first-order chi connectivity index (χ1) is 18.5. The Morgan fingerprint density at radius 1 is 0.737 bits per heavy atom. The smallest absolute Gasteiger partial charge is 0.320 e. The summed E-state index contributed by atoms with van der Waals surface area (Å²) >= 11 is 0. The van der Waals surface area contributed by atoms with Crippen LogP contribution < -0.4 is 0 Å². The minimum absolute atomic E-state index is 0.0500. The third-order valence-electron chi connectivity index (χ3n) is 5.85. The van der Waals surface area contributed by atoms with E-state index >= 15 is 0 Å². The summed E-state index contributed by atoms with van der Waals surface area (Å²) in [6.07, 6.45) is 0.593. The molecule has 6 nitrogen and oxygen atoms in total. The number of carbonyl (C=O) groups is 2. The number of esters is 2. The molecule has 7 heteroatoms. The summed E-state index contributed by atoms with van der Waals surface area (Å²) in [7, 11) is -0.184. The maximum absolute atomic E-state index is 11.9. The molecule has 202 valence electrons. The molecule has 1 unspecified atom stereocenters. The van der Waals surface area contributed by atoms with Gasteiger partial charge in [-0.05, 0) is 69.2 Å². The highest BCUT2D eigenvalue weighted by atomic mass is 32.2. The van der Waals surface area contributed by atoms with Gasteiger partial charge in [-0.25, -0.2) is 0 Å². The van der Waals surface area contributed by atoms with Crippen LogP contribution in [0.1, 0.15) is 38.9 Å². The fourth-order valence-corrected chi connectivity index (χ4v) is 6.12. The summed E-state index contributed by atoms with van der Waals surface area (Å²) in [6, 6.07) is 29.8. The SMILES string of the molecule is CCOC(=O)CN(CCCOC(C)c1ccc([S+](c2ccccc2)c2ccccc2)cc1)CC(=O)OCC. The molecular weight excluding hydrogens is 498 g/mol. The van der Waals surface area contributed by atoms with Gasteiger partial charge < -0.3 is 14.2 Å². The monoisotopic (exact) mass is 536 g/mol. The molecule has 0 saturated carbocycles. The number of benzene rings is 3. The minimum atomic E-state index is -0.351. The quantitative estimate of drug-likeness (QED) is 0.142. The zero-order chi connectivity index (χ0) is 27.2. The van der Waals surface area contributed by atoms with Crippen molar-refractivity contribution in [1.29, 1.82) is 0 Å². The average Bonchev–Trinajstić information content (AvgIpc) is 2.93. The van der Waals surface area contributed by atoms with Gasteiger partial charge in [0.05, 0.1) is 43.3 Å². The summed E-state index contributed by atoms with van der Waals surface area (Å²) in [4.78, 5) is 29.4. The molecule has 1 atom stereocenters. The highest BCUT2D eigenvalue weighted by molar-refractivity contribution is 7.97. The molecule has 0 aliphatic heterocycles. The van der Waals surface area contributed by atoms with Crippen molar-refractivity contribution in [2.75, 3.05) is 39.5 Å². The molecule has 0 bridgehead atoms. The average molecular weight is 537 g/mol. The molecule has 0 heterocycles. The molecule has 0 aliphatic rings. The van der Waals surface area contributed by atoms with Gasteiger partial charge in [-0.2, -0.15) is 0 Å². The van der Waals surface area contributed by atoms with Gasteiger partial charge in [0.1, 0.15) is 0 Å². The van der Waals surface area contributed by atoms with Crippen LogP contribution in [0, 0.1) is 0 Å². The van der Waals surface area contributed by atoms with E-state index in [9.17, 15) is 9.59 Å². The molecule has 0 aliphatic carbocycles.